The highest BCUT2D eigenvalue weighted by atomic mass is 32.1. The lowest BCUT2D eigenvalue weighted by Gasteiger charge is -2.23. The zero-order chi connectivity index (χ0) is 12.1. The number of carbonyl (C=O) groups excluding carboxylic acids is 1. The van der Waals surface area contributed by atoms with Crippen LogP contribution in [-0.2, 0) is 16.1 Å². The average Bonchev–Trinajstić information content (AvgIpc) is 2.64. The molecule has 90 valence electrons. The van der Waals surface area contributed by atoms with E-state index in [4.69, 9.17) is 4.74 Å². The third kappa shape index (κ3) is 3.28. The first kappa shape index (κ1) is 13.1. The molecule has 0 fully saturated rings. The number of hydrogen-bond acceptors (Lipinski definition) is 5. The predicted molar refractivity (Wildman–Crippen MR) is 64.4 cm³/mol. The number of nitrogens with zero attached hydrogens (tertiary/aromatic N) is 2. The van der Waals surface area contributed by atoms with Crippen molar-refractivity contribution >= 4 is 17.3 Å². The summed E-state index contributed by atoms with van der Waals surface area (Å²) in [4.78, 5) is 17.9. The second kappa shape index (κ2) is 5.96. The quantitative estimate of drug-likeness (QED) is 0.739. The molecule has 5 heteroatoms. The van der Waals surface area contributed by atoms with Gasteiger partial charge in [-0.25, -0.2) is 4.98 Å². The molecule has 0 saturated heterocycles. The van der Waals surface area contributed by atoms with Crippen LogP contribution < -0.4 is 0 Å². The largest absolute Gasteiger partial charge is 0.468 e. The minimum Gasteiger partial charge on any atom is -0.468 e. The number of ether oxygens (including phenoxy) is 1. The zero-order valence-corrected chi connectivity index (χ0v) is 11.0. The molecular weight excluding hydrogens is 224 g/mol. The number of thiazole rings is 1. The van der Waals surface area contributed by atoms with Gasteiger partial charge in [-0.2, -0.15) is 0 Å². The number of methoxy groups -OCH3 is 1. The molecule has 1 rings (SSSR count). The minimum atomic E-state index is -0.186. The summed E-state index contributed by atoms with van der Waals surface area (Å²) in [6, 6.07) is -0.186. The molecule has 1 aromatic rings. The van der Waals surface area contributed by atoms with Crippen molar-refractivity contribution in [2.45, 2.75) is 32.9 Å². The van der Waals surface area contributed by atoms with Gasteiger partial charge in [0, 0.05) is 11.1 Å². The molecule has 0 bridgehead atoms. The number of carbonyl (C=O) groups is 1. The third-order valence-corrected chi connectivity index (χ3v) is 3.39. The first-order chi connectivity index (χ1) is 7.58. The Morgan fingerprint density at radius 3 is 2.81 bits per heavy atom. The van der Waals surface area contributed by atoms with E-state index in [1.54, 1.807) is 11.3 Å². The fourth-order valence-corrected chi connectivity index (χ4v) is 2.43. The van der Waals surface area contributed by atoms with Crippen molar-refractivity contribution in [2.24, 2.45) is 0 Å². The molecule has 0 N–H and O–H groups in total. The molecule has 1 atom stereocenters. The van der Waals surface area contributed by atoms with Gasteiger partial charge in [0.2, 0.25) is 0 Å². The SMILES string of the molecule is CCC(C(=O)OC)N(C)Cc1nc(C)cs1. The summed E-state index contributed by atoms with van der Waals surface area (Å²) in [5.74, 6) is -0.182. The maximum atomic E-state index is 11.5. The van der Waals surface area contributed by atoms with Gasteiger partial charge in [0.25, 0.3) is 0 Å². The molecule has 0 aliphatic rings. The Hall–Kier alpha value is -0.940. The summed E-state index contributed by atoms with van der Waals surface area (Å²) < 4.78 is 4.77. The van der Waals surface area contributed by atoms with Crippen molar-refractivity contribution in [3.8, 4) is 0 Å². The van der Waals surface area contributed by atoms with Crippen LogP contribution >= 0.6 is 11.3 Å². The Morgan fingerprint density at radius 2 is 2.38 bits per heavy atom. The van der Waals surface area contributed by atoms with Gasteiger partial charge >= 0.3 is 5.97 Å². The van der Waals surface area contributed by atoms with Crippen molar-refractivity contribution in [1.29, 1.82) is 0 Å². The third-order valence-electron chi connectivity index (χ3n) is 2.44. The standard InChI is InChI=1S/C11H18N2O2S/c1-5-9(11(14)15-4)13(3)6-10-12-8(2)7-16-10/h7,9H,5-6H2,1-4H3. The fraction of sp³-hybridized carbons (Fsp3) is 0.636. The molecular formula is C11H18N2O2S. The highest BCUT2D eigenvalue weighted by Crippen LogP contribution is 2.14. The second-order valence-corrected chi connectivity index (χ2v) is 4.69. The number of aryl methyl sites for hydroxylation is 1. The van der Waals surface area contributed by atoms with Gasteiger partial charge in [-0.15, -0.1) is 11.3 Å². The predicted octanol–water partition coefficient (Wildman–Crippen LogP) is 1.83. The summed E-state index contributed by atoms with van der Waals surface area (Å²) in [5.41, 5.74) is 1.03. The molecule has 0 radical (unpaired) electrons. The Labute approximate surface area is 100 Å². The maximum absolute atomic E-state index is 11.5. The van der Waals surface area contributed by atoms with Gasteiger partial charge in [-0.05, 0) is 20.4 Å². The molecule has 1 aromatic heterocycles. The maximum Gasteiger partial charge on any atom is 0.323 e. The number of hydrogen-bond donors (Lipinski definition) is 0. The van der Waals surface area contributed by atoms with Gasteiger partial charge in [0.1, 0.15) is 11.0 Å². The van der Waals surface area contributed by atoms with E-state index >= 15 is 0 Å². The van der Waals surface area contributed by atoms with Crippen molar-refractivity contribution in [3.05, 3.63) is 16.1 Å². The van der Waals surface area contributed by atoms with Crippen LogP contribution in [0, 0.1) is 6.92 Å². The van der Waals surface area contributed by atoms with E-state index in [2.05, 4.69) is 4.98 Å². The van der Waals surface area contributed by atoms with Crippen molar-refractivity contribution in [1.82, 2.24) is 9.88 Å². The highest BCUT2D eigenvalue weighted by Gasteiger charge is 2.22. The molecule has 0 aliphatic carbocycles. The first-order valence-electron chi connectivity index (χ1n) is 5.27. The topological polar surface area (TPSA) is 42.4 Å². The molecule has 0 aromatic carbocycles. The van der Waals surface area contributed by atoms with E-state index in [0.29, 0.717) is 6.54 Å². The average molecular weight is 242 g/mol. The van der Waals surface area contributed by atoms with Crippen LogP contribution in [0.5, 0.6) is 0 Å². The van der Waals surface area contributed by atoms with Gasteiger partial charge in [-0.3, -0.25) is 9.69 Å². The Kier molecular flexibility index (Phi) is 4.89. The van der Waals surface area contributed by atoms with Gasteiger partial charge in [0.15, 0.2) is 0 Å². The van der Waals surface area contributed by atoms with E-state index in [0.717, 1.165) is 17.1 Å². The molecule has 1 unspecified atom stereocenters. The van der Waals surface area contributed by atoms with Crippen LogP contribution in [0.3, 0.4) is 0 Å². The lowest BCUT2D eigenvalue weighted by molar-refractivity contribution is -0.146. The van der Waals surface area contributed by atoms with Crippen LogP contribution in [0.2, 0.25) is 0 Å². The Balaban J connectivity index is 2.62. The van der Waals surface area contributed by atoms with E-state index in [1.807, 2.05) is 31.2 Å². The van der Waals surface area contributed by atoms with Crippen molar-refractivity contribution in [3.63, 3.8) is 0 Å². The number of aromatic nitrogens is 1. The summed E-state index contributed by atoms with van der Waals surface area (Å²) in [6.45, 7) is 4.63. The second-order valence-electron chi connectivity index (χ2n) is 3.74. The molecule has 4 nitrogen and oxygen atoms in total. The van der Waals surface area contributed by atoms with E-state index in [1.165, 1.54) is 7.11 Å². The summed E-state index contributed by atoms with van der Waals surface area (Å²) >= 11 is 1.62. The summed E-state index contributed by atoms with van der Waals surface area (Å²) in [5, 5.41) is 3.05. The first-order valence-corrected chi connectivity index (χ1v) is 6.15. The van der Waals surface area contributed by atoms with Crippen LogP contribution in [-0.4, -0.2) is 36.1 Å². The molecule has 0 spiro atoms. The van der Waals surface area contributed by atoms with E-state index < -0.39 is 0 Å². The molecule has 0 amide bonds. The Bertz CT molecular complexity index is 352. The van der Waals surface area contributed by atoms with Crippen molar-refractivity contribution < 1.29 is 9.53 Å². The Morgan fingerprint density at radius 1 is 1.69 bits per heavy atom. The number of likely N-dealkylation sites (N-methyl/N-ethyl adjacent to an activating group) is 1. The van der Waals surface area contributed by atoms with Crippen LogP contribution in [0.4, 0.5) is 0 Å². The van der Waals surface area contributed by atoms with Gasteiger partial charge < -0.3 is 4.74 Å². The normalized spacial score (nSPS) is 12.8. The summed E-state index contributed by atoms with van der Waals surface area (Å²) in [6.07, 6.45) is 0.744. The highest BCUT2D eigenvalue weighted by molar-refractivity contribution is 7.09. The fourth-order valence-electron chi connectivity index (χ4n) is 1.59. The number of esters is 1. The molecule has 0 saturated carbocycles. The van der Waals surface area contributed by atoms with Crippen LogP contribution in [0.25, 0.3) is 0 Å². The zero-order valence-electron chi connectivity index (χ0n) is 10.2. The lowest BCUT2D eigenvalue weighted by atomic mass is 10.2. The van der Waals surface area contributed by atoms with Crippen LogP contribution in [0.1, 0.15) is 24.0 Å². The molecule has 1 heterocycles. The van der Waals surface area contributed by atoms with E-state index in [9.17, 15) is 4.79 Å². The summed E-state index contributed by atoms with van der Waals surface area (Å²) in [7, 11) is 3.34. The van der Waals surface area contributed by atoms with Gasteiger partial charge in [0.05, 0.1) is 13.7 Å². The molecule has 16 heavy (non-hydrogen) atoms. The van der Waals surface area contributed by atoms with E-state index in [-0.39, 0.29) is 12.0 Å². The van der Waals surface area contributed by atoms with Crippen molar-refractivity contribution in [2.75, 3.05) is 14.2 Å². The monoisotopic (exact) mass is 242 g/mol. The minimum absolute atomic E-state index is 0.182. The molecule has 0 aliphatic heterocycles. The lowest BCUT2D eigenvalue weighted by Crippen LogP contribution is -2.38. The number of rotatable bonds is 5. The smallest absolute Gasteiger partial charge is 0.323 e. The van der Waals surface area contributed by atoms with Gasteiger partial charge in [-0.1, -0.05) is 6.92 Å². The van der Waals surface area contributed by atoms with Crippen LogP contribution in [0.15, 0.2) is 5.38 Å².